The molecule has 3 rings (SSSR count). The Balaban J connectivity index is 1.66. The van der Waals surface area contributed by atoms with E-state index in [0.29, 0.717) is 12.5 Å². The molecule has 1 N–H and O–H groups in total. The minimum absolute atomic E-state index is 0.0477. The summed E-state index contributed by atoms with van der Waals surface area (Å²) >= 11 is 1.55. The van der Waals surface area contributed by atoms with Gasteiger partial charge in [0.05, 0.1) is 16.7 Å². The average Bonchev–Trinajstić information content (AvgIpc) is 3.17. The maximum absolute atomic E-state index is 12.7. The molecule has 0 aliphatic carbocycles. The number of rotatable bonds is 4. The Morgan fingerprint density at radius 3 is 3.04 bits per heavy atom. The molecule has 0 radical (unpaired) electrons. The maximum Gasteiger partial charge on any atom is 0.322 e. The van der Waals surface area contributed by atoms with Gasteiger partial charge in [-0.25, -0.2) is 19.4 Å². The van der Waals surface area contributed by atoms with Crippen LogP contribution in [0.3, 0.4) is 0 Å². The van der Waals surface area contributed by atoms with Crippen LogP contribution in [0.5, 0.6) is 0 Å². The monoisotopic (exact) mass is 348 g/mol. The Morgan fingerprint density at radius 2 is 2.33 bits per heavy atom. The van der Waals surface area contributed by atoms with E-state index < -0.39 is 0 Å². The van der Waals surface area contributed by atoms with Gasteiger partial charge in [-0.3, -0.25) is 5.32 Å². The van der Waals surface area contributed by atoms with E-state index in [4.69, 9.17) is 0 Å². The predicted molar refractivity (Wildman–Crippen MR) is 94.3 cm³/mol. The first kappa shape index (κ1) is 16.9. The molecule has 24 heavy (non-hydrogen) atoms. The number of hydrogen-bond donors (Lipinski definition) is 1. The van der Waals surface area contributed by atoms with Crippen molar-refractivity contribution >= 4 is 22.4 Å². The molecule has 1 aliphatic rings. The highest BCUT2D eigenvalue weighted by molar-refractivity contribution is 7.16. The number of carbonyl (C=O) groups is 1. The van der Waals surface area contributed by atoms with E-state index in [1.807, 2.05) is 16.5 Å². The predicted octanol–water partition coefficient (Wildman–Crippen LogP) is 3.11. The number of anilines is 1. The van der Waals surface area contributed by atoms with Crippen LogP contribution in [0.1, 0.15) is 43.4 Å². The number of hydrogen-bond acceptors (Lipinski definition) is 5. The number of piperidine rings is 1. The number of aryl methyl sites for hydroxylation is 1. The van der Waals surface area contributed by atoms with Gasteiger partial charge in [0.15, 0.2) is 0 Å². The lowest BCUT2D eigenvalue weighted by Gasteiger charge is -2.32. The first-order valence-electron chi connectivity index (χ1n) is 8.39. The molecule has 8 heteroatoms. The van der Waals surface area contributed by atoms with Crippen LogP contribution in [-0.4, -0.2) is 43.8 Å². The van der Waals surface area contributed by atoms with Crippen LogP contribution in [0.25, 0.3) is 0 Å². The number of amides is 2. The van der Waals surface area contributed by atoms with Crippen molar-refractivity contribution in [1.29, 1.82) is 0 Å². The minimum atomic E-state index is -0.0477. The Bertz CT molecular complexity index is 681. The number of likely N-dealkylation sites (tertiary alicyclic amines) is 1. The van der Waals surface area contributed by atoms with Crippen LogP contribution in [0, 0.1) is 12.8 Å². The highest BCUT2D eigenvalue weighted by atomic mass is 32.1. The number of nitrogens with zero attached hydrogens (tertiary/aromatic N) is 5. The van der Waals surface area contributed by atoms with Crippen molar-refractivity contribution in [1.82, 2.24) is 24.6 Å². The summed E-state index contributed by atoms with van der Waals surface area (Å²) in [6.07, 6.45) is 6.13. The van der Waals surface area contributed by atoms with Gasteiger partial charge in [0.25, 0.3) is 0 Å². The lowest BCUT2D eigenvalue weighted by atomic mass is 10.1. The zero-order valence-corrected chi connectivity index (χ0v) is 15.2. The van der Waals surface area contributed by atoms with E-state index >= 15 is 0 Å². The van der Waals surface area contributed by atoms with Crippen molar-refractivity contribution in [3.05, 3.63) is 23.4 Å². The maximum atomic E-state index is 12.7. The SMILES string of the molecule is Cc1nc(CC(C)C)c(NC(=O)N2CCC[C@H](n3cncn3)C2)s1. The normalized spacial score (nSPS) is 18.2. The summed E-state index contributed by atoms with van der Waals surface area (Å²) < 4.78 is 1.85. The molecular weight excluding hydrogens is 324 g/mol. The molecule has 1 aliphatic heterocycles. The van der Waals surface area contributed by atoms with Crippen molar-refractivity contribution in [2.24, 2.45) is 5.92 Å². The van der Waals surface area contributed by atoms with Crippen LogP contribution in [0.2, 0.25) is 0 Å². The summed E-state index contributed by atoms with van der Waals surface area (Å²) in [7, 11) is 0. The number of thiazole rings is 1. The Labute approximate surface area is 146 Å². The zero-order valence-electron chi connectivity index (χ0n) is 14.4. The molecule has 2 aromatic heterocycles. The van der Waals surface area contributed by atoms with Crippen LogP contribution in [0.15, 0.2) is 12.7 Å². The van der Waals surface area contributed by atoms with Gasteiger partial charge in [0.2, 0.25) is 0 Å². The molecule has 0 aromatic carbocycles. The van der Waals surface area contributed by atoms with Gasteiger partial charge in [0, 0.05) is 13.1 Å². The third-order valence-electron chi connectivity index (χ3n) is 4.12. The first-order chi connectivity index (χ1) is 11.5. The van der Waals surface area contributed by atoms with Gasteiger partial charge < -0.3 is 4.90 Å². The number of urea groups is 1. The van der Waals surface area contributed by atoms with E-state index in [1.54, 1.807) is 17.7 Å². The number of carbonyl (C=O) groups excluding carboxylic acids is 1. The van der Waals surface area contributed by atoms with E-state index in [9.17, 15) is 4.79 Å². The van der Waals surface area contributed by atoms with Crippen LogP contribution in [-0.2, 0) is 6.42 Å². The van der Waals surface area contributed by atoms with E-state index in [0.717, 1.165) is 41.5 Å². The minimum Gasteiger partial charge on any atom is -0.322 e. The summed E-state index contributed by atoms with van der Waals surface area (Å²) in [6.45, 7) is 7.73. The Hall–Kier alpha value is -1.96. The molecule has 2 aromatic rings. The molecule has 1 saturated heterocycles. The van der Waals surface area contributed by atoms with Gasteiger partial charge in [-0.1, -0.05) is 13.8 Å². The molecule has 0 bridgehead atoms. The topological polar surface area (TPSA) is 75.9 Å². The Morgan fingerprint density at radius 1 is 1.50 bits per heavy atom. The lowest BCUT2D eigenvalue weighted by molar-refractivity contribution is 0.174. The first-order valence-corrected chi connectivity index (χ1v) is 9.21. The molecule has 0 spiro atoms. The van der Waals surface area contributed by atoms with E-state index in [1.165, 1.54) is 6.33 Å². The molecule has 1 atom stereocenters. The molecule has 1 fully saturated rings. The highest BCUT2D eigenvalue weighted by Crippen LogP contribution is 2.27. The molecular formula is C16H24N6OS. The quantitative estimate of drug-likeness (QED) is 0.921. The lowest BCUT2D eigenvalue weighted by Crippen LogP contribution is -2.43. The van der Waals surface area contributed by atoms with Gasteiger partial charge in [-0.2, -0.15) is 5.10 Å². The molecule has 3 heterocycles. The summed E-state index contributed by atoms with van der Waals surface area (Å²) in [5.41, 5.74) is 0.991. The molecule has 0 saturated carbocycles. The third-order valence-corrected chi connectivity index (χ3v) is 5.05. The fourth-order valence-corrected chi connectivity index (χ4v) is 3.87. The number of nitrogens with one attached hydrogen (secondary N) is 1. The van der Waals surface area contributed by atoms with E-state index in [2.05, 4.69) is 34.2 Å². The average molecular weight is 348 g/mol. The van der Waals surface area contributed by atoms with Crippen molar-refractivity contribution in [3.63, 3.8) is 0 Å². The summed E-state index contributed by atoms with van der Waals surface area (Å²) in [6, 6.07) is 0.152. The zero-order chi connectivity index (χ0) is 17.1. The second-order valence-electron chi connectivity index (χ2n) is 6.65. The van der Waals surface area contributed by atoms with Crippen molar-refractivity contribution in [3.8, 4) is 0 Å². The highest BCUT2D eigenvalue weighted by Gasteiger charge is 2.26. The van der Waals surface area contributed by atoms with Crippen molar-refractivity contribution in [2.45, 2.75) is 46.1 Å². The van der Waals surface area contributed by atoms with E-state index in [-0.39, 0.29) is 12.1 Å². The van der Waals surface area contributed by atoms with Crippen molar-refractivity contribution < 1.29 is 4.79 Å². The molecule has 7 nitrogen and oxygen atoms in total. The fraction of sp³-hybridized carbons (Fsp3) is 0.625. The van der Waals surface area contributed by atoms with Gasteiger partial charge in [-0.15, -0.1) is 11.3 Å². The standard InChI is InChI=1S/C16H24N6OS/c1-11(2)7-14-15(24-12(3)19-14)20-16(23)21-6-4-5-13(8-21)22-10-17-9-18-22/h9-11,13H,4-8H2,1-3H3,(H,20,23)/t13-/m0/s1. The van der Waals surface area contributed by atoms with Gasteiger partial charge in [-0.05, 0) is 32.1 Å². The van der Waals surface area contributed by atoms with Gasteiger partial charge >= 0.3 is 6.03 Å². The summed E-state index contributed by atoms with van der Waals surface area (Å²) in [5.74, 6) is 0.508. The second kappa shape index (κ2) is 7.29. The van der Waals surface area contributed by atoms with Crippen LogP contribution in [0.4, 0.5) is 9.80 Å². The van der Waals surface area contributed by atoms with Crippen LogP contribution >= 0.6 is 11.3 Å². The molecule has 130 valence electrons. The Kier molecular flexibility index (Phi) is 5.13. The molecule has 2 amide bonds. The van der Waals surface area contributed by atoms with Crippen LogP contribution < -0.4 is 5.32 Å². The number of aromatic nitrogens is 4. The van der Waals surface area contributed by atoms with Crippen molar-refractivity contribution in [2.75, 3.05) is 18.4 Å². The second-order valence-corrected chi connectivity index (χ2v) is 7.86. The third kappa shape index (κ3) is 3.92. The summed E-state index contributed by atoms with van der Waals surface area (Å²) in [4.78, 5) is 23.1. The smallest absolute Gasteiger partial charge is 0.322 e. The largest absolute Gasteiger partial charge is 0.322 e. The fourth-order valence-electron chi connectivity index (χ4n) is 3.03. The molecule has 0 unspecified atom stereocenters. The van der Waals surface area contributed by atoms with Gasteiger partial charge in [0.1, 0.15) is 17.7 Å². The summed E-state index contributed by atoms with van der Waals surface area (Å²) in [5, 5.41) is 9.15.